The monoisotopic (exact) mass is 260 g/mol. The molecule has 0 radical (unpaired) electrons. The summed E-state index contributed by atoms with van der Waals surface area (Å²) in [4.78, 5) is 0. The second-order valence-corrected chi connectivity index (χ2v) is 6.90. The molecule has 88 valence electrons. The van der Waals surface area contributed by atoms with Gasteiger partial charge in [0.25, 0.3) is 0 Å². The molecule has 1 aromatic rings. The van der Waals surface area contributed by atoms with E-state index in [4.69, 9.17) is 15.4 Å². The average Bonchev–Trinajstić information content (AvgIpc) is 2.15. The summed E-state index contributed by atoms with van der Waals surface area (Å²) in [6.45, 7) is 2.53. The van der Waals surface area contributed by atoms with Gasteiger partial charge in [0.1, 0.15) is 5.75 Å². The molecule has 1 unspecified atom stereocenters. The predicted molar refractivity (Wildman–Crippen MR) is 63.7 cm³/mol. The van der Waals surface area contributed by atoms with E-state index < -0.39 is 9.05 Å². The minimum atomic E-state index is -3.46. The van der Waals surface area contributed by atoms with Gasteiger partial charge in [-0.3, -0.25) is 0 Å². The van der Waals surface area contributed by atoms with E-state index in [1.165, 1.54) is 0 Å². The van der Waals surface area contributed by atoms with Crippen LogP contribution < -0.4 is 4.74 Å². The first-order chi connectivity index (χ1) is 7.46. The van der Waals surface area contributed by atoms with Crippen LogP contribution >= 0.6 is 10.7 Å². The van der Waals surface area contributed by atoms with Crippen LogP contribution in [0.1, 0.15) is 23.5 Å². The van der Waals surface area contributed by atoms with Gasteiger partial charge in [-0.15, -0.1) is 0 Å². The van der Waals surface area contributed by atoms with E-state index in [1.807, 2.05) is 25.1 Å². The Hall–Kier alpha value is -0.740. The molecule has 0 aliphatic carbocycles. The largest absolute Gasteiger partial charge is 0.493 e. The Kier molecular flexibility index (Phi) is 3.13. The zero-order valence-electron chi connectivity index (χ0n) is 8.94. The van der Waals surface area contributed by atoms with Gasteiger partial charge < -0.3 is 4.74 Å². The molecule has 16 heavy (non-hydrogen) atoms. The third-order valence-electron chi connectivity index (χ3n) is 2.73. The van der Waals surface area contributed by atoms with E-state index >= 15 is 0 Å². The maximum atomic E-state index is 11.1. The molecule has 5 heteroatoms. The normalized spacial score (nSPS) is 20.0. The maximum absolute atomic E-state index is 11.1. The summed E-state index contributed by atoms with van der Waals surface area (Å²) >= 11 is 0. The first-order valence-corrected chi connectivity index (χ1v) is 7.59. The SMILES string of the molecule is Cc1ccc2c(c1)OCCC2CS(=O)(=O)Cl. The van der Waals surface area contributed by atoms with Gasteiger partial charge in [0.05, 0.1) is 12.4 Å². The number of ether oxygens (including phenoxy) is 1. The van der Waals surface area contributed by atoms with Gasteiger partial charge in [-0.05, 0) is 30.5 Å². The molecule has 0 bridgehead atoms. The van der Waals surface area contributed by atoms with Crippen LogP contribution in [0.3, 0.4) is 0 Å². The van der Waals surface area contributed by atoms with E-state index in [9.17, 15) is 8.42 Å². The van der Waals surface area contributed by atoms with Crippen molar-refractivity contribution < 1.29 is 13.2 Å². The average molecular weight is 261 g/mol. The van der Waals surface area contributed by atoms with Crippen LogP contribution in [-0.4, -0.2) is 20.8 Å². The molecular formula is C11H13ClO3S. The number of halogens is 1. The minimum Gasteiger partial charge on any atom is -0.493 e. The fourth-order valence-corrected chi connectivity index (χ4v) is 3.27. The van der Waals surface area contributed by atoms with Crippen LogP contribution in [0, 0.1) is 6.92 Å². The van der Waals surface area contributed by atoms with Crippen LogP contribution in [0.15, 0.2) is 18.2 Å². The van der Waals surface area contributed by atoms with E-state index in [0.29, 0.717) is 13.0 Å². The molecule has 0 amide bonds. The molecule has 0 saturated carbocycles. The predicted octanol–water partition coefficient (Wildman–Crippen LogP) is 2.43. The van der Waals surface area contributed by atoms with Crippen LogP contribution in [0.2, 0.25) is 0 Å². The number of hydrogen-bond donors (Lipinski definition) is 0. The Morgan fingerprint density at radius 2 is 2.25 bits per heavy atom. The second-order valence-electron chi connectivity index (χ2n) is 4.08. The lowest BCUT2D eigenvalue weighted by Crippen LogP contribution is -2.19. The quantitative estimate of drug-likeness (QED) is 0.767. The smallest absolute Gasteiger partial charge is 0.233 e. The Bertz CT molecular complexity index is 496. The second kappa shape index (κ2) is 4.26. The van der Waals surface area contributed by atoms with Crippen molar-refractivity contribution in [2.75, 3.05) is 12.4 Å². The van der Waals surface area contributed by atoms with Crippen LogP contribution in [0.4, 0.5) is 0 Å². The van der Waals surface area contributed by atoms with Crippen molar-refractivity contribution in [2.45, 2.75) is 19.3 Å². The maximum Gasteiger partial charge on any atom is 0.233 e. The van der Waals surface area contributed by atoms with Gasteiger partial charge in [-0.25, -0.2) is 8.42 Å². The molecule has 1 aliphatic rings. The van der Waals surface area contributed by atoms with Crippen molar-refractivity contribution in [1.82, 2.24) is 0 Å². The molecule has 0 aromatic heterocycles. The lowest BCUT2D eigenvalue weighted by molar-refractivity contribution is 0.272. The van der Waals surface area contributed by atoms with Gasteiger partial charge in [0.15, 0.2) is 0 Å². The van der Waals surface area contributed by atoms with Crippen molar-refractivity contribution in [2.24, 2.45) is 0 Å². The summed E-state index contributed by atoms with van der Waals surface area (Å²) in [6.07, 6.45) is 0.696. The third kappa shape index (κ3) is 2.68. The van der Waals surface area contributed by atoms with E-state index in [2.05, 4.69) is 0 Å². The molecule has 1 aromatic carbocycles. The lowest BCUT2D eigenvalue weighted by Gasteiger charge is -2.25. The fraction of sp³-hybridized carbons (Fsp3) is 0.455. The molecule has 0 spiro atoms. The van der Waals surface area contributed by atoms with Crippen LogP contribution in [0.25, 0.3) is 0 Å². The number of rotatable bonds is 2. The highest BCUT2D eigenvalue weighted by atomic mass is 35.7. The Labute approximate surface area is 99.8 Å². The van der Waals surface area contributed by atoms with Crippen molar-refractivity contribution in [1.29, 1.82) is 0 Å². The number of benzene rings is 1. The van der Waals surface area contributed by atoms with Gasteiger partial charge in [-0.2, -0.15) is 0 Å². The summed E-state index contributed by atoms with van der Waals surface area (Å²) < 4.78 is 27.7. The first kappa shape index (κ1) is 11.7. The van der Waals surface area contributed by atoms with Gasteiger partial charge in [0.2, 0.25) is 9.05 Å². The highest BCUT2D eigenvalue weighted by Crippen LogP contribution is 2.35. The van der Waals surface area contributed by atoms with Crippen LogP contribution in [-0.2, 0) is 9.05 Å². The molecule has 1 atom stereocenters. The topological polar surface area (TPSA) is 43.4 Å². The zero-order chi connectivity index (χ0) is 11.8. The molecular weight excluding hydrogens is 248 g/mol. The fourth-order valence-electron chi connectivity index (χ4n) is 1.98. The molecule has 0 N–H and O–H groups in total. The molecule has 0 saturated heterocycles. The van der Waals surface area contributed by atoms with Gasteiger partial charge in [-0.1, -0.05) is 12.1 Å². The standard InChI is InChI=1S/C11H13ClO3S/c1-8-2-3-10-9(7-16(12,13)14)4-5-15-11(10)6-8/h2-3,6,9H,4-5,7H2,1H3. The number of aryl methyl sites for hydroxylation is 1. The summed E-state index contributed by atoms with van der Waals surface area (Å²) in [7, 11) is 1.84. The summed E-state index contributed by atoms with van der Waals surface area (Å²) in [6, 6.07) is 5.82. The van der Waals surface area contributed by atoms with Gasteiger partial charge in [0, 0.05) is 16.6 Å². The summed E-state index contributed by atoms with van der Waals surface area (Å²) in [5.74, 6) is 0.719. The minimum absolute atomic E-state index is 0.0199. The van der Waals surface area contributed by atoms with Crippen molar-refractivity contribution in [3.63, 3.8) is 0 Å². The highest BCUT2D eigenvalue weighted by Gasteiger charge is 2.25. The Morgan fingerprint density at radius 1 is 1.50 bits per heavy atom. The van der Waals surface area contributed by atoms with E-state index in [1.54, 1.807) is 0 Å². The van der Waals surface area contributed by atoms with E-state index in [0.717, 1.165) is 16.9 Å². The summed E-state index contributed by atoms with van der Waals surface area (Å²) in [5.41, 5.74) is 2.05. The summed E-state index contributed by atoms with van der Waals surface area (Å²) in [5, 5.41) is 0. The number of fused-ring (bicyclic) bond motifs is 1. The Balaban J connectivity index is 2.33. The molecule has 2 rings (SSSR count). The van der Waals surface area contributed by atoms with Crippen molar-refractivity contribution >= 4 is 19.7 Å². The van der Waals surface area contributed by atoms with Gasteiger partial charge >= 0.3 is 0 Å². The van der Waals surface area contributed by atoms with E-state index in [-0.39, 0.29) is 11.7 Å². The molecule has 0 fully saturated rings. The zero-order valence-corrected chi connectivity index (χ0v) is 10.5. The van der Waals surface area contributed by atoms with Crippen molar-refractivity contribution in [3.05, 3.63) is 29.3 Å². The Morgan fingerprint density at radius 3 is 2.94 bits per heavy atom. The highest BCUT2D eigenvalue weighted by molar-refractivity contribution is 8.13. The molecule has 1 aliphatic heterocycles. The lowest BCUT2D eigenvalue weighted by atomic mass is 9.94. The van der Waals surface area contributed by atoms with Crippen molar-refractivity contribution in [3.8, 4) is 5.75 Å². The number of hydrogen-bond acceptors (Lipinski definition) is 3. The first-order valence-electron chi connectivity index (χ1n) is 5.11. The van der Waals surface area contributed by atoms with Crippen LogP contribution in [0.5, 0.6) is 5.75 Å². The molecule has 1 heterocycles. The molecule has 3 nitrogen and oxygen atoms in total. The third-order valence-corrected chi connectivity index (χ3v) is 3.91.